The van der Waals surface area contributed by atoms with Crippen molar-refractivity contribution in [2.45, 2.75) is 12.7 Å². The van der Waals surface area contributed by atoms with Gasteiger partial charge in [-0.05, 0) is 12.8 Å². The number of aromatic nitrogens is 2. The Bertz CT molecular complexity index is 493. The van der Waals surface area contributed by atoms with Gasteiger partial charge in [-0.3, -0.25) is 5.32 Å². The number of nitrogens with zero attached hydrogens (tertiary/aromatic N) is 3. The minimum absolute atomic E-state index is 0.465. The maximum absolute atomic E-state index is 8.56. The Kier molecular flexibility index (Phi) is 7.18. The molecule has 0 aliphatic heterocycles. The molecule has 6 nitrogen and oxygen atoms in total. The van der Waals surface area contributed by atoms with E-state index in [1.165, 1.54) is 0 Å². The minimum atomic E-state index is 0.465. The van der Waals surface area contributed by atoms with Crippen LogP contribution in [0, 0.1) is 30.7 Å². The molecular formula is C12H17N6S+. The third kappa shape index (κ3) is 5.96. The van der Waals surface area contributed by atoms with Crippen LogP contribution in [0.3, 0.4) is 0 Å². The highest BCUT2D eigenvalue weighted by atomic mass is 32.2. The first-order chi connectivity index (χ1) is 9.27. The first-order valence-electron chi connectivity index (χ1n) is 5.80. The number of imidazole rings is 1. The number of nitriles is 1. The average molecular weight is 277 g/mol. The van der Waals surface area contributed by atoms with Crippen molar-refractivity contribution in [1.82, 2.24) is 15.3 Å². The van der Waals surface area contributed by atoms with Crippen molar-refractivity contribution >= 4 is 17.7 Å². The molecule has 0 spiro atoms. The molecular weight excluding hydrogens is 260 g/mol. The number of terminal acetylenes is 1. The summed E-state index contributed by atoms with van der Waals surface area (Å²) in [5.74, 6) is 4.75. The maximum atomic E-state index is 8.56. The van der Waals surface area contributed by atoms with Gasteiger partial charge in [0.25, 0.3) is 0 Å². The smallest absolute Gasteiger partial charge is 0.308 e. The second-order valence-corrected chi connectivity index (χ2v) is 4.75. The van der Waals surface area contributed by atoms with Crippen molar-refractivity contribution in [3.8, 4) is 18.5 Å². The number of nitrogens with one attached hydrogen (secondary N) is 2. The minimum Gasteiger partial charge on any atom is -0.348 e. The van der Waals surface area contributed by atoms with Gasteiger partial charge in [-0.1, -0.05) is 0 Å². The Morgan fingerprint density at radius 3 is 3.21 bits per heavy atom. The highest BCUT2D eigenvalue weighted by molar-refractivity contribution is 7.98. The first-order valence-corrected chi connectivity index (χ1v) is 6.96. The lowest BCUT2D eigenvalue weighted by Gasteiger charge is -2.00. The van der Waals surface area contributed by atoms with Gasteiger partial charge in [0.05, 0.1) is 18.6 Å². The molecule has 100 valence electrons. The number of aliphatic imine (C=N–C) groups is 1. The number of nitrogens with two attached hydrogens (primary N) is 1. The molecule has 0 aliphatic rings. The summed E-state index contributed by atoms with van der Waals surface area (Å²) in [6.07, 6.45) is 8.70. The van der Waals surface area contributed by atoms with Gasteiger partial charge in [-0.25, -0.2) is 15.3 Å². The third-order valence-corrected chi connectivity index (χ3v) is 3.24. The van der Waals surface area contributed by atoms with Crippen molar-refractivity contribution in [2.75, 3.05) is 18.8 Å². The van der Waals surface area contributed by atoms with E-state index in [-0.39, 0.29) is 0 Å². The molecule has 1 heterocycles. The van der Waals surface area contributed by atoms with Crippen LogP contribution in [0.25, 0.3) is 0 Å². The van der Waals surface area contributed by atoms with E-state index in [1.807, 2.05) is 13.1 Å². The normalized spacial score (nSPS) is 10.8. The van der Waals surface area contributed by atoms with E-state index in [1.54, 1.807) is 23.4 Å². The molecule has 0 radical (unpaired) electrons. The standard InChI is InChI=1S/C12H16N6S/c1-3-4-14-12(16-8-13)15-5-6-19-7-11-10(2)17-9-18-11/h1,9H,4-7H2,2H3,(H,17,18)(H2,14,15,16)/p+1. The topological polar surface area (TPSA) is 93.5 Å². The number of aryl methyl sites for hydroxylation is 1. The molecule has 0 fully saturated rings. The van der Waals surface area contributed by atoms with E-state index in [0.717, 1.165) is 22.9 Å². The molecule has 0 unspecified atom stereocenters. The largest absolute Gasteiger partial charge is 0.348 e. The van der Waals surface area contributed by atoms with Crippen molar-refractivity contribution < 1.29 is 5.32 Å². The number of hydrogen-bond donors (Lipinski definition) is 3. The number of H-pyrrole nitrogens is 1. The zero-order valence-corrected chi connectivity index (χ0v) is 11.6. The summed E-state index contributed by atoms with van der Waals surface area (Å²) >= 11 is 1.75. The lowest BCUT2D eigenvalue weighted by Crippen LogP contribution is -2.90. The zero-order chi connectivity index (χ0) is 13.9. The average Bonchev–Trinajstić information content (AvgIpc) is 2.81. The lowest BCUT2D eigenvalue weighted by molar-refractivity contribution is -0.530. The highest BCUT2D eigenvalue weighted by Gasteiger charge is 2.02. The van der Waals surface area contributed by atoms with Crippen LogP contribution < -0.4 is 10.6 Å². The van der Waals surface area contributed by atoms with Gasteiger partial charge < -0.3 is 4.98 Å². The van der Waals surface area contributed by atoms with Crippen molar-refractivity contribution in [3.63, 3.8) is 0 Å². The van der Waals surface area contributed by atoms with Crippen LogP contribution in [0.5, 0.6) is 0 Å². The first kappa shape index (κ1) is 15.1. The Balaban J connectivity index is 2.25. The van der Waals surface area contributed by atoms with Gasteiger partial charge in [0.15, 0.2) is 6.19 Å². The van der Waals surface area contributed by atoms with E-state index >= 15 is 0 Å². The Morgan fingerprint density at radius 2 is 2.58 bits per heavy atom. The maximum Gasteiger partial charge on any atom is 0.308 e. The van der Waals surface area contributed by atoms with E-state index in [4.69, 9.17) is 11.7 Å². The molecule has 19 heavy (non-hydrogen) atoms. The molecule has 0 saturated carbocycles. The summed E-state index contributed by atoms with van der Waals surface area (Å²) in [6.45, 7) is 3.11. The monoisotopic (exact) mass is 277 g/mol. The molecule has 0 bridgehead atoms. The second-order valence-electron chi connectivity index (χ2n) is 3.64. The van der Waals surface area contributed by atoms with Crippen LogP contribution in [0.2, 0.25) is 0 Å². The number of aromatic amines is 1. The lowest BCUT2D eigenvalue weighted by atomic mass is 10.4. The Labute approximate surface area is 117 Å². The molecule has 0 aliphatic carbocycles. The van der Waals surface area contributed by atoms with Crippen LogP contribution >= 0.6 is 11.8 Å². The van der Waals surface area contributed by atoms with Crippen molar-refractivity contribution in [3.05, 3.63) is 17.7 Å². The Hall–Kier alpha value is -1.96. The van der Waals surface area contributed by atoms with Crippen LogP contribution in [0.1, 0.15) is 11.4 Å². The fourth-order valence-corrected chi connectivity index (χ4v) is 2.15. The van der Waals surface area contributed by atoms with E-state index in [0.29, 0.717) is 19.0 Å². The van der Waals surface area contributed by atoms with E-state index in [9.17, 15) is 0 Å². The van der Waals surface area contributed by atoms with Gasteiger partial charge in [-0.2, -0.15) is 17.0 Å². The van der Waals surface area contributed by atoms with Crippen molar-refractivity contribution in [2.24, 2.45) is 4.99 Å². The molecule has 0 aromatic carbocycles. The van der Waals surface area contributed by atoms with Gasteiger partial charge in [0.2, 0.25) is 0 Å². The fraction of sp³-hybridized carbons (Fsp3) is 0.417. The SMILES string of the molecule is C#CC[NH2+]C(=NCCSCc1nc[nH]c1C)NC#N. The predicted octanol–water partition coefficient (Wildman–Crippen LogP) is -0.425. The highest BCUT2D eigenvalue weighted by Crippen LogP contribution is 2.11. The molecule has 7 heteroatoms. The summed E-state index contributed by atoms with van der Waals surface area (Å²) in [6, 6.07) is 0. The third-order valence-electron chi connectivity index (χ3n) is 2.29. The van der Waals surface area contributed by atoms with Crippen molar-refractivity contribution in [1.29, 1.82) is 5.26 Å². The molecule has 4 N–H and O–H groups in total. The van der Waals surface area contributed by atoms with Crippen LogP contribution in [0.15, 0.2) is 11.3 Å². The quantitative estimate of drug-likeness (QED) is 0.164. The molecule has 1 aromatic heterocycles. The van der Waals surface area contributed by atoms with Gasteiger partial charge in [-0.15, -0.1) is 6.42 Å². The fourth-order valence-electron chi connectivity index (χ4n) is 1.30. The number of rotatable bonds is 6. The van der Waals surface area contributed by atoms with Gasteiger partial charge >= 0.3 is 5.96 Å². The summed E-state index contributed by atoms with van der Waals surface area (Å²) in [5, 5.41) is 12.8. The Morgan fingerprint density at radius 1 is 1.74 bits per heavy atom. The van der Waals surface area contributed by atoms with E-state index < -0.39 is 0 Å². The molecule has 0 amide bonds. The second kappa shape index (κ2) is 9.03. The van der Waals surface area contributed by atoms with Crippen LogP contribution in [0.4, 0.5) is 0 Å². The molecule has 1 rings (SSSR count). The number of thioether (sulfide) groups is 1. The van der Waals surface area contributed by atoms with Gasteiger partial charge in [0.1, 0.15) is 6.54 Å². The summed E-state index contributed by atoms with van der Waals surface area (Å²) in [7, 11) is 0. The molecule has 0 atom stereocenters. The molecule has 1 aromatic rings. The van der Waals surface area contributed by atoms with Gasteiger partial charge in [0, 0.05) is 17.2 Å². The number of quaternary nitrogens is 1. The predicted molar refractivity (Wildman–Crippen MR) is 76.2 cm³/mol. The summed E-state index contributed by atoms with van der Waals surface area (Å²) in [5.41, 5.74) is 2.17. The summed E-state index contributed by atoms with van der Waals surface area (Å²) < 4.78 is 0. The van der Waals surface area contributed by atoms with Crippen LogP contribution in [-0.4, -0.2) is 34.8 Å². The zero-order valence-electron chi connectivity index (χ0n) is 10.8. The summed E-state index contributed by atoms with van der Waals surface area (Å²) in [4.78, 5) is 11.5. The number of hydrogen-bond acceptors (Lipinski definition) is 4. The van der Waals surface area contributed by atoms with E-state index in [2.05, 4.69) is 26.2 Å². The number of guanidine groups is 1. The van der Waals surface area contributed by atoms with Crippen LogP contribution in [-0.2, 0) is 5.75 Å². The molecule has 0 saturated heterocycles.